The molecule has 0 aromatic heterocycles. The SMILES string of the molecule is CC(C)(C)OC(=O)N1CCN(CCCN2CC(S(=O)(=O)Cl)CC2=O)CC1. The fourth-order valence-electron chi connectivity index (χ4n) is 3.11. The number of nitrogens with zero attached hydrogens (tertiary/aromatic N) is 3. The zero-order valence-corrected chi connectivity index (χ0v) is 17.2. The molecule has 2 amide bonds. The van der Waals surface area contributed by atoms with E-state index >= 15 is 0 Å². The van der Waals surface area contributed by atoms with Crippen molar-refractivity contribution in [3.05, 3.63) is 0 Å². The van der Waals surface area contributed by atoms with Gasteiger partial charge in [-0.2, -0.15) is 0 Å². The summed E-state index contributed by atoms with van der Waals surface area (Å²) in [6.45, 7) is 9.78. The molecule has 0 spiro atoms. The van der Waals surface area contributed by atoms with Crippen molar-refractivity contribution in [1.82, 2.24) is 14.7 Å². The molecule has 2 heterocycles. The average Bonchev–Trinajstić information content (AvgIpc) is 2.88. The van der Waals surface area contributed by atoms with Gasteiger partial charge in [0.15, 0.2) is 0 Å². The third-order valence-corrected chi connectivity index (χ3v) is 6.37. The zero-order valence-electron chi connectivity index (χ0n) is 15.6. The van der Waals surface area contributed by atoms with Gasteiger partial charge in [0, 0.05) is 56.4 Å². The van der Waals surface area contributed by atoms with Crippen molar-refractivity contribution in [2.24, 2.45) is 0 Å². The molecule has 0 bridgehead atoms. The van der Waals surface area contributed by atoms with E-state index in [4.69, 9.17) is 15.4 Å². The third kappa shape index (κ3) is 6.28. The Hall–Kier alpha value is -1.06. The number of hydrogen-bond acceptors (Lipinski definition) is 6. The van der Waals surface area contributed by atoms with Gasteiger partial charge in [-0.15, -0.1) is 0 Å². The molecule has 26 heavy (non-hydrogen) atoms. The van der Waals surface area contributed by atoms with Crippen LogP contribution in [-0.2, 0) is 18.6 Å². The summed E-state index contributed by atoms with van der Waals surface area (Å²) < 4.78 is 28.1. The van der Waals surface area contributed by atoms with Gasteiger partial charge in [-0.05, 0) is 33.7 Å². The number of piperazine rings is 1. The number of likely N-dealkylation sites (tertiary alicyclic amines) is 1. The molecule has 2 rings (SSSR count). The topological polar surface area (TPSA) is 87.2 Å². The maximum atomic E-state index is 12.0. The summed E-state index contributed by atoms with van der Waals surface area (Å²) >= 11 is 0. The molecule has 150 valence electrons. The summed E-state index contributed by atoms with van der Waals surface area (Å²) in [4.78, 5) is 29.4. The lowest BCUT2D eigenvalue weighted by Gasteiger charge is -2.35. The Morgan fingerprint density at radius 2 is 1.81 bits per heavy atom. The Bertz CT molecular complexity index is 626. The molecule has 0 radical (unpaired) electrons. The molecule has 0 aromatic rings. The van der Waals surface area contributed by atoms with Gasteiger partial charge in [0.05, 0.1) is 0 Å². The summed E-state index contributed by atoms with van der Waals surface area (Å²) in [5.74, 6) is -0.158. The lowest BCUT2D eigenvalue weighted by molar-refractivity contribution is -0.127. The minimum atomic E-state index is -3.69. The van der Waals surface area contributed by atoms with Gasteiger partial charge < -0.3 is 14.5 Å². The highest BCUT2D eigenvalue weighted by Gasteiger charge is 2.37. The van der Waals surface area contributed by atoms with Crippen LogP contribution in [0.5, 0.6) is 0 Å². The lowest BCUT2D eigenvalue weighted by Crippen LogP contribution is -2.50. The fourth-order valence-corrected chi connectivity index (χ4v) is 4.16. The second-order valence-electron chi connectivity index (χ2n) is 7.80. The second kappa shape index (κ2) is 8.31. The number of amides is 2. The van der Waals surface area contributed by atoms with Crippen LogP contribution in [0, 0.1) is 0 Å². The maximum absolute atomic E-state index is 12.0. The van der Waals surface area contributed by atoms with Crippen molar-refractivity contribution in [3.63, 3.8) is 0 Å². The van der Waals surface area contributed by atoms with Crippen LogP contribution in [-0.4, -0.2) is 91.8 Å². The van der Waals surface area contributed by atoms with Crippen LogP contribution >= 0.6 is 10.7 Å². The number of rotatable bonds is 5. The minimum absolute atomic E-state index is 0.0274. The lowest BCUT2D eigenvalue weighted by atomic mass is 10.2. The maximum Gasteiger partial charge on any atom is 0.410 e. The Balaban J connectivity index is 1.68. The molecule has 2 fully saturated rings. The molecule has 1 atom stereocenters. The van der Waals surface area contributed by atoms with Gasteiger partial charge in [0.25, 0.3) is 0 Å². The Kier molecular flexibility index (Phi) is 6.79. The van der Waals surface area contributed by atoms with Crippen molar-refractivity contribution in [2.75, 3.05) is 45.8 Å². The molecule has 1 unspecified atom stereocenters. The minimum Gasteiger partial charge on any atom is -0.444 e. The van der Waals surface area contributed by atoms with Crippen LogP contribution < -0.4 is 0 Å². The van der Waals surface area contributed by atoms with E-state index < -0.39 is 19.9 Å². The fraction of sp³-hybridized carbons (Fsp3) is 0.875. The largest absolute Gasteiger partial charge is 0.444 e. The predicted octanol–water partition coefficient (Wildman–Crippen LogP) is 1.10. The normalized spacial score (nSPS) is 22.8. The molecule has 2 aliphatic rings. The monoisotopic (exact) mass is 409 g/mol. The first-order valence-electron chi connectivity index (χ1n) is 8.87. The van der Waals surface area contributed by atoms with E-state index in [1.807, 2.05) is 20.8 Å². The molecule has 0 saturated carbocycles. The number of carbonyl (C=O) groups is 2. The highest BCUT2D eigenvalue weighted by atomic mass is 35.7. The van der Waals surface area contributed by atoms with Crippen molar-refractivity contribution in [1.29, 1.82) is 0 Å². The molecular formula is C16H28ClN3O5S. The van der Waals surface area contributed by atoms with Crippen LogP contribution in [0.4, 0.5) is 4.79 Å². The van der Waals surface area contributed by atoms with Gasteiger partial charge >= 0.3 is 6.09 Å². The van der Waals surface area contributed by atoms with Gasteiger partial charge in [-0.1, -0.05) is 0 Å². The first-order chi connectivity index (χ1) is 12.0. The molecule has 0 aromatic carbocycles. The smallest absolute Gasteiger partial charge is 0.410 e. The molecule has 2 saturated heterocycles. The number of hydrogen-bond donors (Lipinski definition) is 0. The van der Waals surface area contributed by atoms with Crippen molar-refractivity contribution in [2.45, 2.75) is 44.5 Å². The third-order valence-electron chi connectivity index (χ3n) is 4.50. The Morgan fingerprint density at radius 1 is 1.19 bits per heavy atom. The van der Waals surface area contributed by atoms with Crippen LogP contribution in [0.25, 0.3) is 0 Å². The van der Waals surface area contributed by atoms with E-state index in [1.165, 1.54) is 0 Å². The summed E-state index contributed by atoms with van der Waals surface area (Å²) in [5.41, 5.74) is -0.495. The van der Waals surface area contributed by atoms with Crippen LogP contribution in [0.15, 0.2) is 0 Å². The quantitative estimate of drug-likeness (QED) is 0.632. The van der Waals surface area contributed by atoms with E-state index in [0.29, 0.717) is 19.6 Å². The van der Waals surface area contributed by atoms with Gasteiger partial charge in [0.1, 0.15) is 10.9 Å². The zero-order chi connectivity index (χ0) is 19.5. The van der Waals surface area contributed by atoms with Gasteiger partial charge in [-0.3, -0.25) is 9.69 Å². The van der Waals surface area contributed by atoms with Crippen molar-refractivity contribution >= 4 is 31.7 Å². The highest BCUT2D eigenvalue weighted by Crippen LogP contribution is 2.21. The molecule has 0 aliphatic carbocycles. The van der Waals surface area contributed by atoms with Gasteiger partial charge in [0.2, 0.25) is 15.0 Å². The van der Waals surface area contributed by atoms with E-state index in [9.17, 15) is 18.0 Å². The first-order valence-corrected chi connectivity index (χ1v) is 11.2. The van der Waals surface area contributed by atoms with Crippen molar-refractivity contribution in [3.8, 4) is 0 Å². The average molecular weight is 410 g/mol. The molecule has 10 heteroatoms. The van der Waals surface area contributed by atoms with Crippen molar-refractivity contribution < 1.29 is 22.7 Å². The second-order valence-corrected chi connectivity index (χ2v) is 10.7. The standard InChI is InChI=1S/C16H28ClN3O5S/c1-16(2,3)25-15(22)19-9-7-18(8-10-19)5-4-6-20-12-13(11-14(20)21)26(17,23)24/h13H,4-12H2,1-3H3. The summed E-state index contributed by atoms with van der Waals surface area (Å²) in [5, 5.41) is -0.797. The highest BCUT2D eigenvalue weighted by molar-refractivity contribution is 8.14. The first kappa shape index (κ1) is 21.2. The number of halogens is 1. The van der Waals surface area contributed by atoms with E-state index in [2.05, 4.69) is 4.90 Å². The summed E-state index contributed by atoms with van der Waals surface area (Å²) in [6.07, 6.45) is 0.446. The van der Waals surface area contributed by atoms with E-state index in [0.717, 1.165) is 26.1 Å². The van der Waals surface area contributed by atoms with Crippen LogP contribution in [0.1, 0.15) is 33.6 Å². The molecule has 2 aliphatic heterocycles. The van der Waals surface area contributed by atoms with E-state index in [1.54, 1.807) is 9.80 Å². The Labute approximate surface area is 159 Å². The number of ether oxygens (including phenoxy) is 1. The molecule has 0 N–H and O–H groups in total. The predicted molar refractivity (Wildman–Crippen MR) is 98.6 cm³/mol. The van der Waals surface area contributed by atoms with Gasteiger partial charge in [-0.25, -0.2) is 13.2 Å². The molecular weight excluding hydrogens is 382 g/mol. The van der Waals surface area contributed by atoms with Crippen LogP contribution in [0.2, 0.25) is 0 Å². The Morgan fingerprint density at radius 3 is 2.31 bits per heavy atom. The number of carbonyl (C=O) groups excluding carboxylic acids is 2. The van der Waals surface area contributed by atoms with Crippen LogP contribution in [0.3, 0.4) is 0 Å². The van der Waals surface area contributed by atoms with E-state index in [-0.39, 0.29) is 25.0 Å². The summed E-state index contributed by atoms with van der Waals surface area (Å²) in [6, 6.07) is 0. The summed E-state index contributed by atoms with van der Waals surface area (Å²) in [7, 11) is 1.66. The molecule has 8 nitrogen and oxygen atoms in total.